The van der Waals surface area contributed by atoms with E-state index in [2.05, 4.69) is 26.1 Å². The number of aliphatic hydroxyl groups excluding tert-OH is 1. The van der Waals surface area contributed by atoms with Crippen molar-refractivity contribution >= 4 is 21.2 Å². The number of nitrogens with zero attached hydrogens (tertiary/aromatic N) is 1. The molecule has 0 aromatic carbocycles. The molecule has 0 aliphatic carbocycles. The lowest BCUT2D eigenvalue weighted by Crippen LogP contribution is -2.59. The number of amides is 2. The Bertz CT molecular complexity index is 665. The zero-order valence-corrected chi connectivity index (χ0v) is 23.6. The molecular formula is C24H47N2O6Si. The number of carbonyl (C=O) groups is 2. The zero-order chi connectivity index (χ0) is 25.8. The van der Waals surface area contributed by atoms with E-state index < -0.39 is 38.2 Å². The summed E-state index contributed by atoms with van der Waals surface area (Å²) in [6.45, 7) is 22.1. The molecule has 2 N–H and O–H groups in total. The van der Waals surface area contributed by atoms with Crippen LogP contribution in [0.3, 0.4) is 0 Å². The van der Waals surface area contributed by atoms with E-state index in [0.29, 0.717) is 19.4 Å². The van der Waals surface area contributed by atoms with Crippen molar-refractivity contribution in [2.45, 2.75) is 105 Å². The quantitative estimate of drug-likeness (QED) is 0.502. The monoisotopic (exact) mass is 487 g/mol. The third-order valence-electron chi connectivity index (χ3n) is 5.63. The highest BCUT2D eigenvalue weighted by molar-refractivity contribution is 6.48. The number of nitrogens with one attached hydrogen (secondary N) is 1. The van der Waals surface area contributed by atoms with Gasteiger partial charge in [-0.3, -0.25) is 4.90 Å². The Morgan fingerprint density at radius 2 is 1.61 bits per heavy atom. The molecule has 0 aromatic rings. The second-order valence-corrected chi connectivity index (χ2v) is 14.3. The van der Waals surface area contributed by atoms with E-state index in [1.807, 2.05) is 33.9 Å². The molecule has 8 nitrogen and oxygen atoms in total. The molecule has 193 valence electrons. The van der Waals surface area contributed by atoms with Crippen LogP contribution in [0.1, 0.15) is 75.2 Å². The lowest BCUT2D eigenvalue weighted by atomic mass is 9.77. The first-order chi connectivity index (χ1) is 14.8. The molecule has 1 fully saturated rings. The summed E-state index contributed by atoms with van der Waals surface area (Å²) in [6.07, 6.45) is -0.00102. The van der Waals surface area contributed by atoms with Crippen molar-refractivity contribution in [3.8, 4) is 0 Å². The van der Waals surface area contributed by atoms with Gasteiger partial charge < -0.3 is 24.3 Å². The first-order valence-corrected chi connectivity index (χ1v) is 14.3. The lowest BCUT2D eigenvalue weighted by molar-refractivity contribution is -0.108. The standard InChI is InChI=1S/C24H47N2O6Si/c1-21(2,3)18-14-24(32-33(10)11,26(16-18)20(29)31-23(7,8)9)17(12-13-27)15-25-19(28)30-22(4,5)6/h17-18,27H,12-16H2,1-11H3,(H,25,28)/t17?,18-,24-/m0/s1. The first-order valence-electron chi connectivity index (χ1n) is 11.9. The minimum atomic E-state index is -1.26. The number of ether oxygens (including phenoxy) is 2. The highest BCUT2D eigenvalue weighted by atomic mass is 28.3. The van der Waals surface area contributed by atoms with Crippen LogP contribution in [-0.2, 0) is 13.9 Å². The van der Waals surface area contributed by atoms with Crippen molar-refractivity contribution in [2.24, 2.45) is 17.3 Å². The van der Waals surface area contributed by atoms with Crippen molar-refractivity contribution in [2.75, 3.05) is 19.7 Å². The summed E-state index contributed by atoms with van der Waals surface area (Å²) in [5, 5.41) is 12.7. The largest absolute Gasteiger partial charge is 0.444 e. The molecule has 1 rings (SSSR count). The summed E-state index contributed by atoms with van der Waals surface area (Å²) in [4.78, 5) is 27.5. The average molecular weight is 488 g/mol. The van der Waals surface area contributed by atoms with Gasteiger partial charge in [0.2, 0.25) is 9.04 Å². The van der Waals surface area contributed by atoms with Crippen LogP contribution in [0.4, 0.5) is 9.59 Å². The average Bonchev–Trinajstić information content (AvgIpc) is 2.95. The minimum absolute atomic E-state index is 0.0673. The van der Waals surface area contributed by atoms with Crippen LogP contribution in [0.15, 0.2) is 0 Å². The van der Waals surface area contributed by atoms with Gasteiger partial charge in [0.1, 0.15) is 16.9 Å². The molecule has 1 heterocycles. The normalized spacial score (nSPS) is 22.9. The number of rotatable bonds is 7. The molecule has 9 heteroatoms. The Hall–Kier alpha value is -1.32. The highest BCUT2D eigenvalue weighted by Crippen LogP contribution is 2.48. The predicted octanol–water partition coefficient (Wildman–Crippen LogP) is 4.78. The van der Waals surface area contributed by atoms with Gasteiger partial charge in [0, 0.05) is 25.6 Å². The number of likely N-dealkylation sites (tertiary alicyclic amines) is 1. The molecule has 1 saturated heterocycles. The minimum Gasteiger partial charge on any atom is -0.444 e. The van der Waals surface area contributed by atoms with Gasteiger partial charge in [-0.25, -0.2) is 9.59 Å². The van der Waals surface area contributed by atoms with E-state index in [1.54, 1.807) is 25.7 Å². The number of aliphatic hydroxyl groups is 1. The smallest absolute Gasteiger partial charge is 0.412 e. The van der Waals surface area contributed by atoms with Gasteiger partial charge in [-0.15, -0.1) is 0 Å². The topological polar surface area (TPSA) is 97.3 Å². The molecule has 2 amide bonds. The summed E-state index contributed by atoms with van der Waals surface area (Å²) in [7, 11) is -1.26. The van der Waals surface area contributed by atoms with Gasteiger partial charge in [0.15, 0.2) is 0 Å². The van der Waals surface area contributed by atoms with Gasteiger partial charge in [-0.2, -0.15) is 0 Å². The van der Waals surface area contributed by atoms with Crippen LogP contribution in [0.25, 0.3) is 0 Å². The van der Waals surface area contributed by atoms with E-state index in [-0.39, 0.29) is 30.4 Å². The first kappa shape index (κ1) is 29.7. The van der Waals surface area contributed by atoms with Crippen molar-refractivity contribution in [3.05, 3.63) is 0 Å². The molecule has 33 heavy (non-hydrogen) atoms. The zero-order valence-electron chi connectivity index (χ0n) is 22.6. The number of carbonyl (C=O) groups excluding carboxylic acids is 2. The van der Waals surface area contributed by atoms with Crippen molar-refractivity contribution in [3.63, 3.8) is 0 Å². The SMILES string of the molecule is C[Si](C)O[C@]1(C(CCO)CNC(=O)OC(C)(C)C)C[C@H](C(C)(C)C)CN1C(=O)OC(C)(C)C. The van der Waals surface area contributed by atoms with Crippen LogP contribution in [0, 0.1) is 17.3 Å². The van der Waals surface area contributed by atoms with Crippen LogP contribution in [0.5, 0.6) is 0 Å². The molecule has 1 aliphatic heterocycles. The molecule has 1 unspecified atom stereocenters. The Morgan fingerprint density at radius 1 is 1.06 bits per heavy atom. The van der Waals surface area contributed by atoms with E-state index >= 15 is 0 Å². The fourth-order valence-electron chi connectivity index (χ4n) is 4.11. The van der Waals surface area contributed by atoms with Crippen molar-refractivity contribution < 1.29 is 28.6 Å². The number of hydrogen-bond donors (Lipinski definition) is 2. The Labute approximate surface area is 202 Å². The molecular weight excluding hydrogens is 440 g/mol. The van der Waals surface area contributed by atoms with Crippen LogP contribution in [0.2, 0.25) is 13.1 Å². The van der Waals surface area contributed by atoms with Crippen molar-refractivity contribution in [1.29, 1.82) is 0 Å². The lowest BCUT2D eigenvalue weighted by Gasteiger charge is -2.45. The summed E-state index contributed by atoms with van der Waals surface area (Å²) in [5.74, 6) is -0.177. The third kappa shape index (κ3) is 9.09. The van der Waals surface area contributed by atoms with Crippen molar-refractivity contribution in [1.82, 2.24) is 10.2 Å². The predicted molar refractivity (Wildman–Crippen MR) is 131 cm³/mol. The maximum absolute atomic E-state index is 13.4. The van der Waals surface area contributed by atoms with E-state index in [9.17, 15) is 14.7 Å². The molecule has 1 aliphatic rings. The van der Waals surface area contributed by atoms with Gasteiger partial charge in [-0.1, -0.05) is 20.8 Å². The molecule has 0 aromatic heterocycles. The summed E-state index contributed by atoms with van der Waals surface area (Å²) in [5.41, 5.74) is -2.34. The van der Waals surface area contributed by atoms with E-state index in [0.717, 1.165) is 0 Å². The Kier molecular flexibility index (Phi) is 9.86. The molecule has 3 atom stereocenters. The Balaban J connectivity index is 3.40. The van der Waals surface area contributed by atoms with Gasteiger partial charge in [0.05, 0.1) is 0 Å². The molecule has 1 radical (unpaired) electrons. The fourth-order valence-corrected chi connectivity index (χ4v) is 5.18. The summed E-state index contributed by atoms with van der Waals surface area (Å²) < 4.78 is 17.8. The second-order valence-electron chi connectivity index (χ2n) is 12.3. The van der Waals surface area contributed by atoms with Crippen LogP contribution < -0.4 is 5.32 Å². The second kappa shape index (κ2) is 10.9. The maximum atomic E-state index is 13.4. The maximum Gasteiger partial charge on any atom is 0.412 e. The number of hydrogen-bond acceptors (Lipinski definition) is 6. The van der Waals surface area contributed by atoms with Crippen LogP contribution in [-0.4, -0.2) is 67.9 Å². The highest BCUT2D eigenvalue weighted by Gasteiger charge is 2.56. The summed E-state index contributed by atoms with van der Waals surface area (Å²) in [6, 6.07) is 0. The molecule has 0 saturated carbocycles. The van der Waals surface area contributed by atoms with Gasteiger partial charge in [-0.05, 0) is 78.8 Å². The molecule has 0 bridgehead atoms. The van der Waals surface area contributed by atoms with Gasteiger partial charge >= 0.3 is 12.2 Å². The fraction of sp³-hybridized carbons (Fsp3) is 0.917. The van der Waals surface area contributed by atoms with Crippen LogP contribution >= 0.6 is 0 Å². The Morgan fingerprint density at radius 3 is 2.03 bits per heavy atom. The van der Waals surface area contributed by atoms with E-state index in [1.165, 1.54) is 0 Å². The third-order valence-corrected chi connectivity index (χ3v) is 6.39. The summed E-state index contributed by atoms with van der Waals surface area (Å²) >= 11 is 0. The van der Waals surface area contributed by atoms with E-state index in [4.69, 9.17) is 13.9 Å². The van der Waals surface area contributed by atoms with Gasteiger partial charge in [0.25, 0.3) is 0 Å². The molecule has 0 spiro atoms. The number of alkyl carbamates (subject to hydrolysis) is 1.